The van der Waals surface area contributed by atoms with E-state index in [1.807, 2.05) is 24.3 Å². The van der Waals surface area contributed by atoms with Crippen molar-refractivity contribution >= 4 is 38.8 Å². The molecule has 3 rings (SSSR count). The Labute approximate surface area is 122 Å². The Hall–Kier alpha value is -1.47. The number of nitrogens with one attached hydrogen (secondary N) is 1. The average Bonchev–Trinajstić information content (AvgIpc) is 2.87. The first-order valence-electron chi connectivity index (χ1n) is 5.59. The van der Waals surface area contributed by atoms with Crippen LogP contribution in [0.4, 0.5) is 0 Å². The van der Waals surface area contributed by atoms with Gasteiger partial charge in [-0.1, -0.05) is 39.8 Å². The fourth-order valence-corrected chi connectivity index (χ4v) is 2.78. The van der Waals surface area contributed by atoms with Gasteiger partial charge in [0.05, 0.1) is 11.8 Å². The first-order chi connectivity index (χ1) is 9.22. The van der Waals surface area contributed by atoms with Gasteiger partial charge in [0, 0.05) is 10.2 Å². The van der Waals surface area contributed by atoms with Gasteiger partial charge in [-0.15, -0.1) is 0 Å². The third-order valence-electron chi connectivity index (χ3n) is 2.66. The molecular formula is C12H9BrN4OS. The van der Waals surface area contributed by atoms with Crippen LogP contribution in [0.3, 0.4) is 0 Å². The highest BCUT2D eigenvalue weighted by atomic mass is 79.9. The molecular weight excluding hydrogens is 328 g/mol. The standard InChI is InChI=1S/C12H9BrN4OS/c13-8-3-1-7(2-4-8)6-19-12-15-10-9(5-14-17-10)11(18)16-12/h1-5,10H,6H2,(H,15,16,18). The first-order valence-corrected chi connectivity index (χ1v) is 7.36. The zero-order valence-electron chi connectivity index (χ0n) is 9.71. The molecule has 1 unspecified atom stereocenters. The zero-order chi connectivity index (χ0) is 13.2. The molecule has 1 aromatic carbocycles. The Balaban J connectivity index is 1.67. The van der Waals surface area contributed by atoms with E-state index >= 15 is 0 Å². The van der Waals surface area contributed by atoms with Crippen LogP contribution in [0.25, 0.3) is 0 Å². The second-order valence-corrected chi connectivity index (χ2v) is 5.87. The maximum atomic E-state index is 11.7. The van der Waals surface area contributed by atoms with Crippen LogP contribution in [-0.4, -0.2) is 17.2 Å². The Morgan fingerprint density at radius 1 is 1.32 bits per heavy atom. The van der Waals surface area contributed by atoms with Gasteiger partial charge in [0.2, 0.25) is 0 Å². The van der Waals surface area contributed by atoms with Crippen molar-refractivity contribution in [1.82, 2.24) is 5.32 Å². The molecule has 5 nitrogen and oxygen atoms in total. The number of carbonyl (C=O) groups excluding carboxylic acids is 1. The highest BCUT2D eigenvalue weighted by Crippen LogP contribution is 2.23. The lowest BCUT2D eigenvalue weighted by Gasteiger charge is -2.17. The topological polar surface area (TPSA) is 66.2 Å². The van der Waals surface area contributed by atoms with E-state index in [1.165, 1.54) is 23.5 Å². The third-order valence-corrected chi connectivity index (χ3v) is 4.15. The molecule has 96 valence electrons. The van der Waals surface area contributed by atoms with Gasteiger partial charge in [-0.05, 0) is 17.7 Å². The summed E-state index contributed by atoms with van der Waals surface area (Å²) < 4.78 is 1.05. The minimum absolute atomic E-state index is 0.164. The molecule has 0 radical (unpaired) electrons. The maximum Gasteiger partial charge on any atom is 0.258 e. The zero-order valence-corrected chi connectivity index (χ0v) is 12.1. The van der Waals surface area contributed by atoms with E-state index in [4.69, 9.17) is 0 Å². The van der Waals surface area contributed by atoms with Crippen LogP contribution in [-0.2, 0) is 10.5 Å². The number of carbonyl (C=O) groups is 1. The highest BCUT2D eigenvalue weighted by molar-refractivity contribution is 9.10. The lowest BCUT2D eigenvalue weighted by molar-refractivity contribution is -0.116. The van der Waals surface area contributed by atoms with E-state index in [-0.39, 0.29) is 5.91 Å². The number of nitrogens with zero attached hydrogens (tertiary/aromatic N) is 3. The minimum Gasteiger partial charge on any atom is -0.301 e. The van der Waals surface area contributed by atoms with E-state index in [9.17, 15) is 4.79 Å². The Morgan fingerprint density at radius 3 is 2.89 bits per heavy atom. The first kappa shape index (κ1) is 12.6. The summed E-state index contributed by atoms with van der Waals surface area (Å²) in [7, 11) is 0. The molecule has 0 saturated carbocycles. The van der Waals surface area contributed by atoms with E-state index < -0.39 is 6.17 Å². The van der Waals surface area contributed by atoms with Gasteiger partial charge in [0.15, 0.2) is 11.3 Å². The van der Waals surface area contributed by atoms with Crippen molar-refractivity contribution in [3.05, 3.63) is 46.1 Å². The van der Waals surface area contributed by atoms with Gasteiger partial charge in [-0.25, -0.2) is 4.99 Å². The summed E-state index contributed by atoms with van der Waals surface area (Å²) in [5.41, 5.74) is 1.67. The second kappa shape index (κ2) is 5.26. The molecule has 0 bridgehead atoms. The number of amides is 1. The highest BCUT2D eigenvalue weighted by Gasteiger charge is 2.29. The second-order valence-electron chi connectivity index (χ2n) is 3.99. The monoisotopic (exact) mass is 336 g/mol. The summed E-state index contributed by atoms with van der Waals surface area (Å²) in [4.78, 5) is 16.1. The van der Waals surface area contributed by atoms with Crippen LogP contribution in [0.1, 0.15) is 5.56 Å². The molecule has 0 saturated heterocycles. The molecule has 0 fully saturated rings. The Morgan fingerprint density at radius 2 is 2.11 bits per heavy atom. The number of hydrogen-bond acceptors (Lipinski definition) is 5. The molecule has 0 spiro atoms. The number of halogens is 1. The number of rotatable bonds is 2. The maximum absolute atomic E-state index is 11.7. The third kappa shape index (κ3) is 2.76. The van der Waals surface area contributed by atoms with Crippen molar-refractivity contribution < 1.29 is 4.79 Å². The van der Waals surface area contributed by atoms with Crippen molar-refractivity contribution in [3.8, 4) is 0 Å². The number of benzene rings is 1. The average molecular weight is 337 g/mol. The van der Waals surface area contributed by atoms with Crippen LogP contribution in [0.15, 0.2) is 55.7 Å². The van der Waals surface area contributed by atoms with E-state index in [2.05, 4.69) is 36.5 Å². The lowest BCUT2D eigenvalue weighted by atomic mass is 10.2. The van der Waals surface area contributed by atoms with Gasteiger partial charge in [0.1, 0.15) is 0 Å². The number of azo groups is 1. The predicted molar refractivity (Wildman–Crippen MR) is 77.7 cm³/mol. The van der Waals surface area contributed by atoms with Crippen LogP contribution in [0.5, 0.6) is 0 Å². The number of hydrogen-bond donors (Lipinski definition) is 1. The smallest absolute Gasteiger partial charge is 0.258 e. The molecule has 1 N–H and O–H groups in total. The van der Waals surface area contributed by atoms with Crippen LogP contribution >= 0.6 is 27.7 Å². The summed E-state index contributed by atoms with van der Waals surface area (Å²) in [6, 6.07) is 8.04. The normalized spacial score (nSPS) is 20.7. The molecule has 7 heteroatoms. The van der Waals surface area contributed by atoms with E-state index in [0.717, 1.165) is 10.2 Å². The van der Waals surface area contributed by atoms with Crippen LogP contribution in [0, 0.1) is 0 Å². The Kier molecular flexibility index (Phi) is 3.48. The molecule has 2 aliphatic heterocycles. The SMILES string of the molecule is O=C1NC(SCc2ccc(Br)cc2)=NC2N=NC=C12. The summed E-state index contributed by atoms with van der Waals surface area (Å²) >= 11 is 4.88. The molecule has 1 amide bonds. The summed E-state index contributed by atoms with van der Waals surface area (Å²) in [6.07, 6.45) is 1.00. The molecule has 0 aromatic heterocycles. The van der Waals surface area contributed by atoms with Gasteiger partial charge in [0.25, 0.3) is 5.91 Å². The molecule has 2 heterocycles. The Bertz CT molecular complexity index is 609. The minimum atomic E-state index is -0.457. The molecule has 1 atom stereocenters. The number of amidine groups is 1. The van der Waals surface area contributed by atoms with Gasteiger partial charge in [-0.3, -0.25) is 4.79 Å². The lowest BCUT2D eigenvalue weighted by Crippen LogP contribution is -2.37. The molecule has 19 heavy (non-hydrogen) atoms. The van der Waals surface area contributed by atoms with Gasteiger partial charge >= 0.3 is 0 Å². The fraction of sp³-hybridized carbons (Fsp3) is 0.167. The van der Waals surface area contributed by atoms with Crippen LogP contribution in [0.2, 0.25) is 0 Å². The summed E-state index contributed by atoms with van der Waals surface area (Å²) in [5, 5.41) is 11.0. The summed E-state index contributed by atoms with van der Waals surface area (Å²) in [6.45, 7) is 0. The van der Waals surface area contributed by atoms with Gasteiger partial charge < -0.3 is 5.32 Å². The van der Waals surface area contributed by atoms with Crippen molar-refractivity contribution in [1.29, 1.82) is 0 Å². The fourth-order valence-electron chi connectivity index (χ4n) is 1.68. The van der Waals surface area contributed by atoms with E-state index in [0.29, 0.717) is 10.7 Å². The largest absolute Gasteiger partial charge is 0.301 e. The van der Waals surface area contributed by atoms with E-state index in [1.54, 1.807) is 0 Å². The number of fused-ring (bicyclic) bond motifs is 1. The predicted octanol–water partition coefficient (Wildman–Crippen LogP) is 2.84. The van der Waals surface area contributed by atoms with Crippen molar-refractivity contribution in [2.45, 2.75) is 11.9 Å². The molecule has 2 aliphatic rings. The number of aliphatic imine (C=N–C) groups is 1. The molecule has 1 aromatic rings. The van der Waals surface area contributed by atoms with Gasteiger partial charge in [-0.2, -0.15) is 10.2 Å². The molecule has 0 aliphatic carbocycles. The van der Waals surface area contributed by atoms with Crippen molar-refractivity contribution in [2.24, 2.45) is 15.2 Å². The quantitative estimate of drug-likeness (QED) is 0.902. The van der Waals surface area contributed by atoms with Crippen molar-refractivity contribution in [2.75, 3.05) is 0 Å². The van der Waals surface area contributed by atoms with Crippen molar-refractivity contribution in [3.63, 3.8) is 0 Å². The number of thioether (sulfide) groups is 1. The van der Waals surface area contributed by atoms with Crippen LogP contribution < -0.4 is 5.32 Å². The summed E-state index contributed by atoms with van der Waals surface area (Å²) in [5.74, 6) is 0.582.